The zero-order chi connectivity index (χ0) is 35.3. The van der Waals surface area contributed by atoms with Gasteiger partial charge in [-0.3, -0.25) is 24.0 Å². The van der Waals surface area contributed by atoms with Crippen molar-refractivity contribution in [3.8, 4) is 0 Å². The molecule has 2 unspecified atom stereocenters. The largest absolute Gasteiger partial charge is 0.480 e. The van der Waals surface area contributed by atoms with E-state index in [4.69, 9.17) is 0 Å². The Bertz CT molecular complexity index is 1600. The first kappa shape index (κ1) is 36.5. The van der Waals surface area contributed by atoms with Gasteiger partial charge < -0.3 is 26.0 Å². The van der Waals surface area contributed by atoms with Crippen LogP contribution in [0.5, 0.6) is 0 Å². The van der Waals surface area contributed by atoms with Crippen LogP contribution in [-0.2, 0) is 48.0 Å². The molecule has 1 fully saturated rings. The van der Waals surface area contributed by atoms with Crippen molar-refractivity contribution in [3.63, 3.8) is 0 Å². The lowest BCUT2D eigenvalue weighted by atomic mass is 9.96. The quantitative estimate of drug-likeness (QED) is 0.171. The first-order chi connectivity index (χ1) is 23.6. The highest BCUT2D eigenvalue weighted by Crippen LogP contribution is 2.21. The highest BCUT2D eigenvalue weighted by molar-refractivity contribution is 6.39. The summed E-state index contributed by atoms with van der Waals surface area (Å²) in [6, 6.07) is 22.5. The van der Waals surface area contributed by atoms with E-state index in [-0.39, 0.29) is 31.7 Å². The zero-order valence-electron chi connectivity index (χ0n) is 27.8. The number of nitrogens with zero attached hydrogens (tertiary/aromatic N) is 1. The van der Waals surface area contributed by atoms with Crippen LogP contribution < -0.4 is 16.0 Å². The summed E-state index contributed by atoms with van der Waals surface area (Å²) >= 11 is 0. The molecular formula is C38H44N4O7. The van der Waals surface area contributed by atoms with Crippen molar-refractivity contribution < 1.29 is 33.9 Å². The molecule has 3 aromatic rings. The number of carboxylic acid groups (broad SMARTS) is 1. The molecule has 0 aromatic heterocycles. The van der Waals surface area contributed by atoms with E-state index in [2.05, 4.69) is 16.0 Å². The second-order valence-corrected chi connectivity index (χ2v) is 12.5. The van der Waals surface area contributed by atoms with Crippen LogP contribution in [0.25, 0.3) is 0 Å². The predicted molar refractivity (Wildman–Crippen MR) is 183 cm³/mol. The van der Waals surface area contributed by atoms with Crippen LogP contribution in [0.1, 0.15) is 49.8 Å². The fourth-order valence-corrected chi connectivity index (χ4v) is 5.94. The van der Waals surface area contributed by atoms with Gasteiger partial charge in [0, 0.05) is 19.4 Å². The second-order valence-electron chi connectivity index (χ2n) is 12.5. The van der Waals surface area contributed by atoms with Gasteiger partial charge in [0.2, 0.25) is 23.5 Å². The van der Waals surface area contributed by atoms with E-state index in [9.17, 15) is 33.9 Å². The Kier molecular flexibility index (Phi) is 13.2. The summed E-state index contributed by atoms with van der Waals surface area (Å²) in [5.74, 6) is -5.17. The topological polar surface area (TPSA) is 162 Å². The average molecular weight is 669 g/mol. The third-order valence-electron chi connectivity index (χ3n) is 8.87. The number of nitrogens with one attached hydrogen (secondary N) is 3. The molecule has 0 saturated carbocycles. The number of aliphatic carboxylic acids is 1. The summed E-state index contributed by atoms with van der Waals surface area (Å²) in [6.07, 6.45) is 1.45. The minimum absolute atomic E-state index is 0.0238. The van der Waals surface area contributed by atoms with Crippen molar-refractivity contribution in [1.82, 2.24) is 20.9 Å². The number of hydrogen-bond acceptors (Lipinski definition) is 6. The normalized spacial score (nSPS) is 16.4. The van der Waals surface area contributed by atoms with Gasteiger partial charge >= 0.3 is 5.97 Å². The second kappa shape index (κ2) is 17.7. The number of benzene rings is 3. The molecule has 4 amide bonds. The highest BCUT2D eigenvalue weighted by atomic mass is 16.4. The molecular weight excluding hydrogens is 624 g/mol. The molecule has 1 saturated heterocycles. The number of carbonyl (C=O) groups is 6. The molecule has 0 radical (unpaired) electrons. The average Bonchev–Trinajstić information content (AvgIpc) is 3.61. The van der Waals surface area contributed by atoms with Crippen molar-refractivity contribution in [2.75, 3.05) is 6.54 Å². The fraction of sp³-hybridized carbons (Fsp3) is 0.368. The number of hydrogen-bond donors (Lipinski definition) is 4. The van der Waals surface area contributed by atoms with E-state index in [1.54, 1.807) is 37.3 Å². The first-order valence-electron chi connectivity index (χ1n) is 16.7. The Morgan fingerprint density at radius 3 is 1.82 bits per heavy atom. The number of rotatable bonds is 16. The molecule has 11 nitrogen and oxygen atoms in total. The number of likely N-dealkylation sites (tertiary alicyclic amines) is 1. The Hall–Kier alpha value is -5.32. The summed E-state index contributed by atoms with van der Waals surface area (Å²) < 4.78 is 0. The van der Waals surface area contributed by atoms with Crippen LogP contribution in [0.3, 0.4) is 0 Å². The van der Waals surface area contributed by atoms with Crippen molar-refractivity contribution in [1.29, 1.82) is 0 Å². The van der Waals surface area contributed by atoms with Crippen LogP contribution in [0, 0.1) is 5.92 Å². The molecule has 0 aliphatic carbocycles. The lowest BCUT2D eigenvalue weighted by Crippen LogP contribution is -2.58. The molecule has 1 aliphatic heterocycles. The molecule has 1 heterocycles. The number of ketones is 1. The zero-order valence-corrected chi connectivity index (χ0v) is 27.8. The van der Waals surface area contributed by atoms with Gasteiger partial charge in [0.15, 0.2) is 0 Å². The van der Waals surface area contributed by atoms with Crippen molar-refractivity contribution in [2.24, 2.45) is 5.92 Å². The van der Waals surface area contributed by atoms with E-state index in [0.29, 0.717) is 24.8 Å². The van der Waals surface area contributed by atoms with Gasteiger partial charge in [0.1, 0.15) is 24.2 Å². The monoisotopic (exact) mass is 668 g/mol. The van der Waals surface area contributed by atoms with Crippen LogP contribution in [-0.4, -0.2) is 76.1 Å². The lowest BCUT2D eigenvalue weighted by Gasteiger charge is -2.30. The van der Waals surface area contributed by atoms with Crippen LogP contribution >= 0.6 is 0 Å². The van der Waals surface area contributed by atoms with E-state index < -0.39 is 59.6 Å². The van der Waals surface area contributed by atoms with Gasteiger partial charge in [-0.15, -0.1) is 0 Å². The molecule has 3 aromatic carbocycles. The third kappa shape index (κ3) is 10.3. The molecule has 258 valence electrons. The molecule has 49 heavy (non-hydrogen) atoms. The van der Waals surface area contributed by atoms with E-state index in [1.165, 1.54) is 4.90 Å². The Balaban J connectivity index is 1.56. The van der Waals surface area contributed by atoms with E-state index in [1.807, 2.05) is 67.6 Å². The van der Waals surface area contributed by atoms with Crippen molar-refractivity contribution >= 4 is 35.4 Å². The maximum Gasteiger partial charge on any atom is 0.326 e. The van der Waals surface area contributed by atoms with Gasteiger partial charge in [-0.25, -0.2) is 4.79 Å². The smallest absolute Gasteiger partial charge is 0.326 e. The van der Waals surface area contributed by atoms with Crippen LogP contribution in [0.2, 0.25) is 0 Å². The van der Waals surface area contributed by atoms with Crippen LogP contribution in [0.15, 0.2) is 91.0 Å². The van der Waals surface area contributed by atoms with Gasteiger partial charge in [0.05, 0.1) is 6.42 Å². The maximum absolute atomic E-state index is 13.9. The molecule has 4 rings (SSSR count). The van der Waals surface area contributed by atoms with Gasteiger partial charge in [-0.2, -0.15) is 0 Å². The standard InChI is InChI=1S/C38H44N4O7/c1-3-25(2)33(37(47)42-21-13-20-31(42)38(48)49)41-36(46)34(44)29(22-26-14-7-4-8-15-26)40-35(45)30(23-27-16-9-5-10-17-27)39-32(43)24-28-18-11-6-12-19-28/h4-12,14-19,25,29-31,33H,3,13,20-24H2,1-2H3,(H,39,43)(H,40,45)(H,41,46)(H,48,49)/t25-,29?,30?,31-,33-/m0/s1. The lowest BCUT2D eigenvalue weighted by molar-refractivity contribution is -0.150. The third-order valence-corrected chi connectivity index (χ3v) is 8.87. The fourth-order valence-electron chi connectivity index (χ4n) is 5.94. The maximum atomic E-state index is 13.9. The van der Waals surface area contributed by atoms with Gasteiger partial charge in [-0.05, 0) is 35.4 Å². The van der Waals surface area contributed by atoms with Crippen molar-refractivity contribution in [3.05, 3.63) is 108 Å². The molecule has 11 heteroatoms. The number of Topliss-reactive ketones (excluding diaryl/α,β-unsaturated/α-hetero) is 1. The summed E-state index contributed by atoms with van der Waals surface area (Å²) in [5, 5.41) is 17.7. The SMILES string of the molecule is CC[C@H](C)[C@H](NC(=O)C(=O)C(Cc1ccccc1)NC(=O)C(Cc1ccccc1)NC(=O)Cc1ccccc1)C(=O)N1CCC[C@H]1C(=O)O. The molecule has 1 aliphatic rings. The van der Waals surface area contributed by atoms with Gasteiger partial charge in [0.25, 0.3) is 5.91 Å². The Labute approximate surface area is 286 Å². The summed E-state index contributed by atoms with van der Waals surface area (Å²) in [6.45, 7) is 3.81. The number of carboxylic acids is 1. The Morgan fingerprint density at radius 2 is 1.29 bits per heavy atom. The van der Waals surface area contributed by atoms with E-state index >= 15 is 0 Å². The Morgan fingerprint density at radius 1 is 0.755 bits per heavy atom. The summed E-state index contributed by atoms with van der Waals surface area (Å²) in [5.41, 5.74) is 2.22. The molecule has 4 N–H and O–H groups in total. The predicted octanol–water partition coefficient (Wildman–Crippen LogP) is 2.86. The molecule has 5 atom stereocenters. The van der Waals surface area contributed by atoms with Gasteiger partial charge in [-0.1, -0.05) is 111 Å². The number of carbonyl (C=O) groups excluding carboxylic acids is 5. The first-order valence-corrected chi connectivity index (χ1v) is 16.7. The van der Waals surface area contributed by atoms with Crippen molar-refractivity contribution in [2.45, 2.75) is 76.5 Å². The number of amides is 4. The minimum atomic E-state index is -1.33. The summed E-state index contributed by atoms with van der Waals surface area (Å²) in [4.78, 5) is 81.1. The minimum Gasteiger partial charge on any atom is -0.480 e. The molecule has 0 bridgehead atoms. The summed E-state index contributed by atoms with van der Waals surface area (Å²) in [7, 11) is 0. The van der Waals surface area contributed by atoms with Crippen LogP contribution in [0.4, 0.5) is 0 Å². The van der Waals surface area contributed by atoms with E-state index in [0.717, 1.165) is 11.1 Å². The molecule has 0 spiro atoms. The highest BCUT2D eigenvalue weighted by Gasteiger charge is 2.40.